The highest BCUT2D eigenvalue weighted by Crippen LogP contribution is 2.24. The monoisotopic (exact) mass is 255 g/mol. The quantitative estimate of drug-likeness (QED) is 0.825. The van der Waals surface area contributed by atoms with E-state index in [0.29, 0.717) is 6.54 Å². The number of rotatable bonds is 2. The maximum atomic E-state index is 12.3. The van der Waals surface area contributed by atoms with E-state index in [2.05, 4.69) is 25.8 Å². The molecule has 6 nitrogen and oxygen atoms in total. The first-order valence-electron chi connectivity index (χ1n) is 6.07. The van der Waals surface area contributed by atoms with Crippen molar-refractivity contribution >= 4 is 11.9 Å². The summed E-state index contributed by atoms with van der Waals surface area (Å²) in [6.07, 6.45) is 2.96. The van der Waals surface area contributed by atoms with Crippen molar-refractivity contribution in [2.45, 2.75) is 12.5 Å². The van der Waals surface area contributed by atoms with Crippen LogP contribution in [0.2, 0.25) is 0 Å². The van der Waals surface area contributed by atoms with E-state index in [0.717, 1.165) is 17.7 Å². The fraction of sp³-hybridized carbons (Fsp3) is 0.231. The Bertz CT molecular complexity index is 587. The molecule has 0 saturated carbocycles. The Morgan fingerprint density at radius 1 is 1.32 bits per heavy atom. The Hall–Kier alpha value is -2.34. The molecule has 1 aliphatic heterocycles. The van der Waals surface area contributed by atoms with E-state index in [1.54, 1.807) is 0 Å². The van der Waals surface area contributed by atoms with Crippen LogP contribution < -0.4 is 10.6 Å². The molecule has 2 N–H and O–H groups in total. The molecule has 3 rings (SSSR count). The lowest BCUT2D eigenvalue weighted by molar-refractivity contribution is -0.117. The number of carbonyl (C=O) groups excluding carboxylic acids is 1. The molecule has 1 amide bonds. The smallest absolute Gasteiger partial charge is 0.249 e. The summed E-state index contributed by atoms with van der Waals surface area (Å²) in [5, 5.41) is 13.4. The van der Waals surface area contributed by atoms with Crippen molar-refractivity contribution in [2.24, 2.45) is 0 Å². The summed E-state index contributed by atoms with van der Waals surface area (Å²) >= 11 is 0. The lowest BCUT2D eigenvalue weighted by atomic mass is 9.90. The van der Waals surface area contributed by atoms with Gasteiger partial charge in [-0.15, -0.1) is 5.10 Å². The van der Waals surface area contributed by atoms with E-state index in [-0.39, 0.29) is 17.8 Å². The zero-order valence-electron chi connectivity index (χ0n) is 10.2. The maximum absolute atomic E-state index is 12.3. The topological polar surface area (TPSA) is 79.8 Å². The number of hydrogen-bond acceptors (Lipinski definition) is 5. The molecular weight excluding hydrogens is 242 g/mol. The second-order valence-electron chi connectivity index (χ2n) is 4.34. The molecule has 1 aliphatic rings. The number of benzene rings is 1. The van der Waals surface area contributed by atoms with Gasteiger partial charge in [-0.1, -0.05) is 24.3 Å². The van der Waals surface area contributed by atoms with Crippen LogP contribution >= 0.6 is 0 Å². The van der Waals surface area contributed by atoms with Gasteiger partial charge in [0, 0.05) is 13.1 Å². The Balaban J connectivity index is 1.82. The zero-order chi connectivity index (χ0) is 13.1. The summed E-state index contributed by atoms with van der Waals surface area (Å²) in [7, 11) is 0. The first-order valence-corrected chi connectivity index (χ1v) is 6.07. The number of aromatic nitrogens is 3. The maximum Gasteiger partial charge on any atom is 0.249 e. The first kappa shape index (κ1) is 11.7. The van der Waals surface area contributed by atoms with Crippen molar-refractivity contribution in [3.63, 3.8) is 0 Å². The van der Waals surface area contributed by atoms with Gasteiger partial charge in [0.25, 0.3) is 0 Å². The van der Waals surface area contributed by atoms with E-state index in [4.69, 9.17) is 0 Å². The van der Waals surface area contributed by atoms with Crippen molar-refractivity contribution in [3.8, 4) is 0 Å². The minimum Gasteiger partial charge on any atom is -0.312 e. The third kappa shape index (κ3) is 2.43. The minimum atomic E-state index is -0.228. The molecular formula is C13H13N5O. The molecule has 1 aromatic carbocycles. The number of carbonyl (C=O) groups is 1. The highest BCUT2D eigenvalue weighted by molar-refractivity contribution is 5.95. The number of fused-ring (bicyclic) bond motifs is 1. The molecule has 6 heteroatoms. The van der Waals surface area contributed by atoms with Gasteiger partial charge in [-0.3, -0.25) is 10.1 Å². The molecule has 2 heterocycles. The van der Waals surface area contributed by atoms with E-state index in [9.17, 15) is 4.79 Å². The largest absolute Gasteiger partial charge is 0.312 e. The molecule has 2 aromatic rings. The molecule has 0 saturated heterocycles. The van der Waals surface area contributed by atoms with Crippen LogP contribution in [0.3, 0.4) is 0 Å². The normalized spacial score (nSPS) is 17.6. The van der Waals surface area contributed by atoms with Gasteiger partial charge in [0.2, 0.25) is 11.9 Å². The summed E-state index contributed by atoms with van der Waals surface area (Å²) < 4.78 is 0. The van der Waals surface area contributed by atoms with Crippen molar-refractivity contribution in [3.05, 3.63) is 47.8 Å². The highest BCUT2D eigenvalue weighted by Gasteiger charge is 2.26. The van der Waals surface area contributed by atoms with E-state index < -0.39 is 0 Å². The van der Waals surface area contributed by atoms with Crippen LogP contribution in [0.4, 0.5) is 5.95 Å². The summed E-state index contributed by atoms with van der Waals surface area (Å²) in [4.78, 5) is 16.2. The van der Waals surface area contributed by atoms with Crippen molar-refractivity contribution in [2.75, 3.05) is 11.9 Å². The van der Waals surface area contributed by atoms with Crippen LogP contribution in [0, 0.1) is 0 Å². The van der Waals surface area contributed by atoms with Crippen LogP contribution in [0.5, 0.6) is 0 Å². The van der Waals surface area contributed by atoms with Gasteiger partial charge in [-0.25, -0.2) is 4.98 Å². The van der Waals surface area contributed by atoms with Crippen LogP contribution in [0.1, 0.15) is 17.0 Å². The molecule has 19 heavy (non-hydrogen) atoms. The molecule has 1 atom stereocenters. The van der Waals surface area contributed by atoms with E-state index in [1.165, 1.54) is 12.4 Å². The molecule has 0 spiro atoms. The van der Waals surface area contributed by atoms with E-state index in [1.807, 2.05) is 24.3 Å². The molecule has 1 aromatic heterocycles. The molecule has 1 unspecified atom stereocenters. The lowest BCUT2D eigenvalue weighted by Gasteiger charge is -2.25. The van der Waals surface area contributed by atoms with Crippen LogP contribution in [-0.2, 0) is 11.3 Å². The fourth-order valence-corrected chi connectivity index (χ4v) is 2.23. The summed E-state index contributed by atoms with van der Waals surface area (Å²) in [5.74, 6) is -0.114. The molecule has 0 aliphatic carbocycles. The van der Waals surface area contributed by atoms with Gasteiger partial charge >= 0.3 is 0 Å². The third-order valence-corrected chi connectivity index (χ3v) is 3.13. The summed E-state index contributed by atoms with van der Waals surface area (Å²) in [5.41, 5.74) is 2.21. The average Bonchev–Trinajstić information content (AvgIpc) is 2.47. The van der Waals surface area contributed by atoms with Gasteiger partial charge in [-0.2, -0.15) is 5.10 Å². The summed E-state index contributed by atoms with van der Waals surface area (Å²) in [6, 6.07) is 7.95. The van der Waals surface area contributed by atoms with Gasteiger partial charge in [0.05, 0.1) is 18.3 Å². The average molecular weight is 255 g/mol. The zero-order valence-corrected chi connectivity index (χ0v) is 10.2. The molecule has 96 valence electrons. The number of nitrogens with one attached hydrogen (secondary N) is 2. The highest BCUT2D eigenvalue weighted by atomic mass is 16.2. The molecule has 0 radical (unpaired) electrons. The first-order chi connectivity index (χ1) is 9.34. The number of anilines is 1. The SMILES string of the molecule is O=C(Nc1nccnn1)C1CNCc2ccccc21. The minimum absolute atomic E-state index is 0.118. The van der Waals surface area contributed by atoms with Crippen LogP contribution in [-0.4, -0.2) is 27.6 Å². The number of nitrogens with zero attached hydrogens (tertiary/aromatic N) is 3. The number of hydrogen-bond donors (Lipinski definition) is 2. The third-order valence-electron chi connectivity index (χ3n) is 3.13. The van der Waals surface area contributed by atoms with Crippen LogP contribution in [0.25, 0.3) is 0 Å². The van der Waals surface area contributed by atoms with Crippen molar-refractivity contribution in [1.82, 2.24) is 20.5 Å². The van der Waals surface area contributed by atoms with Crippen LogP contribution in [0.15, 0.2) is 36.7 Å². The van der Waals surface area contributed by atoms with Gasteiger partial charge < -0.3 is 5.32 Å². The van der Waals surface area contributed by atoms with Gasteiger partial charge in [0.15, 0.2) is 0 Å². The Morgan fingerprint density at radius 2 is 2.21 bits per heavy atom. The van der Waals surface area contributed by atoms with Crippen molar-refractivity contribution in [1.29, 1.82) is 0 Å². The fourth-order valence-electron chi connectivity index (χ4n) is 2.23. The molecule has 0 fully saturated rings. The lowest BCUT2D eigenvalue weighted by Crippen LogP contribution is -2.35. The summed E-state index contributed by atoms with van der Waals surface area (Å²) in [6.45, 7) is 1.41. The second kappa shape index (κ2) is 5.11. The van der Waals surface area contributed by atoms with Gasteiger partial charge in [-0.05, 0) is 11.1 Å². The second-order valence-corrected chi connectivity index (χ2v) is 4.34. The Kier molecular flexibility index (Phi) is 3.16. The standard InChI is InChI=1S/C13H13N5O/c19-12(17-13-15-5-6-16-18-13)11-8-14-7-9-3-1-2-4-10(9)11/h1-6,11,14H,7-8H2,(H,15,17,18,19). The number of amides is 1. The molecule has 0 bridgehead atoms. The Morgan fingerprint density at radius 3 is 3.05 bits per heavy atom. The predicted octanol–water partition coefficient (Wildman–Crippen LogP) is 0.697. The Labute approximate surface area is 110 Å². The van der Waals surface area contributed by atoms with Crippen molar-refractivity contribution < 1.29 is 4.79 Å². The predicted molar refractivity (Wildman–Crippen MR) is 69.3 cm³/mol. The van der Waals surface area contributed by atoms with Gasteiger partial charge in [0.1, 0.15) is 0 Å². The van der Waals surface area contributed by atoms with E-state index >= 15 is 0 Å².